The molecule has 2 atom stereocenters. The van der Waals surface area contributed by atoms with E-state index in [0.29, 0.717) is 0 Å². The molecule has 3 rings (SSSR count). The molecule has 1 saturated carbocycles. The average Bonchev–Trinajstić information content (AvgIpc) is 2.81. The van der Waals surface area contributed by atoms with E-state index < -0.39 is 0 Å². The SMILES string of the molecule is Cc1ccnc(N2CC3CCCC3C2)c1N. The Morgan fingerprint density at radius 2 is 2.00 bits per heavy atom. The number of nitrogens with two attached hydrogens (primary N) is 1. The fourth-order valence-electron chi connectivity index (χ4n) is 3.22. The summed E-state index contributed by atoms with van der Waals surface area (Å²) in [5, 5.41) is 0. The van der Waals surface area contributed by atoms with Crippen LogP contribution in [0.5, 0.6) is 0 Å². The second kappa shape index (κ2) is 3.65. The molecule has 86 valence electrons. The van der Waals surface area contributed by atoms with Crippen LogP contribution in [-0.4, -0.2) is 18.1 Å². The molecule has 2 heterocycles. The molecule has 1 aromatic rings. The van der Waals surface area contributed by atoms with Crippen molar-refractivity contribution >= 4 is 11.5 Å². The second-order valence-corrected chi connectivity index (χ2v) is 5.22. The van der Waals surface area contributed by atoms with Crippen LogP contribution in [0.15, 0.2) is 12.3 Å². The summed E-state index contributed by atoms with van der Waals surface area (Å²) >= 11 is 0. The Morgan fingerprint density at radius 1 is 1.31 bits per heavy atom. The first-order valence-electron chi connectivity index (χ1n) is 6.21. The summed E-state index contributed by atoms with van der Waals surface area (Å²) in [5.74, 6) is 2.79. The maximum absolute atomic E-state index is 6.11. The zero-order valence-corrected chi connectivity index (χ0v) is 9.82. The van der Waals surface area contributed by atoms with Gasteiger partial charge in [-0.2, -0.15) is 0 Å². The first kappa shape index (κ1) is 9.94. The monoisotopic (exact) mass is 217 g/mol. The Morgan fingerprint density at radius 3 is 2.69 bits per heavy atom. The molecule has 2 fully saturated rings. The lowest BCUT2D eigenvalue weighted by Gasteiger charge is -2.20. The van der Waals surface area contributed by atoms with Crippen molar-refractivity contribution in [2.75, 3.05) is 23.7 Å². The molecule has 1 aliphatic carbocycles. The Balaban J connectivity index is 1.86. The zero-order valence-electron chi connectivity index (χ0n) is 9.82. The third-order valence-electron chi connectivity index (χ3n) is 4.21. The predicted molar refractivity (Wildman–Crippen MR) is 66.4 cm³/mol. The highest BCUT2D eigenvalue weighted by Gasteiger charge is 2.37. The van der Waals surface area contributed by atoms with Crippen LogP contribution in [0.3, 0.4) is 0 Å². The van der Waals surface area contributed by atoms with Crippen LogP contribution < -0.4 is 10.6 Å². The number of fused-ring (bicyclic) bond motifs is 1. The highest BCUT2D eigenvalue weighted by atomic mass is 15.2. The van der Waals surface area contributed by atoms with E-state index >= 15 is 0 Å². The van der Waals surface area contributed by atoms with Crippen molar-refractivity contribution in [3.63, 3.8) is 0 Å². The molecule has 2 aliphatic rings. The van der Waals surface area contributed by atoms with Crippen molar-refractivity contribution in [3.8, 4) is 0 Å². The Kier molecular flexibility index (Phi) is 2.27. The minimum Gasteiger partial charge on any atom is -0.396 e. The van der Waals surface area contributed by atoms with E-state index in [-0.39, 0.29) is 0 Å². The largest absolute Gasteiger partial charge is 0.396 e. The van der Waals surface area contributed by atoms with Crippen LogP contribution in [0.25, 0.3) is 0 Å². The van der Waals surface area contributed by atoms with Gasteiger partial charge in [0.15, 0.2) is 5.82 Å². The van der Waals surface area contributed by atoms with E-state index in [1.54, 1.807) is 0 Å². The molecule has 1 aliphatic heterocycles. The van der Waals surface area contributed by atoms with Gasteiger partial charge in [-0.15, -0.1) is 0 Å². The van der Waals surface area contributed by atoms with Gasteiger partial charge in [-0.05, 0) is 43.2 Å². The lowest BCUT2D eigenvalue weighted by Crippen LogP contribution is -2.23. The molecule has 16 heavy (non-hydrogen) atoms. The van der Waals surface area contributed by atoms with Crippen LogP contribution in [-0.2, 0) is 0 Å². The molecule has 2 N–H and O–H groups in total. The van der Waals surface area contributed by atoms with Crippen LogP contribution in [0, 0.1) is 18.8 Å². The molecule has 0 bridgehead atoms. The van der Waals surface area contributed by atoms with Crippen LogP contribution in [0.4, 0.5) is 11.5 Å². The lowest BCUT2D eigenvalue weighted by atomic mass is 10.0. The van der Waals surface area contributed by atoms with E-state index in [9.17, 15) is 0 Å². The summed E-state index contributed by atoms with van der Waals surface area (Å²) in [4.78, 5) is 6.84. The molecule has 3 heteroatoms. The third-order valence-corrected chi connectivity index (χ3v) is 4.21. The number of hydrogen-bond donors (Lipinski definition) is 1. The molecule has 2 unspecified atom stereocenters. The second-order valence-electron chi connectivity index (χ2n) is 5.22. The van der Waals surface area contributed by atoms with Crippen LogP contribution in [0.1, 0.15) is 24.8 Å². The fourth-order valence-corrected chi connectivity index (χ4v) is 3.22. The van der Waals surface area contributed by atoms with Gasteiger partial charge in [0.2, 0.25) is 0 Å². The Labute approximate surface area is 96.7 Å². The Hall–Kier alpha value is -1.25. The van der Waals surface area contributed by atoms with Gasteiger partial charge in [-0.1, -0.05) is 6.42 Å². The number of rotatable bonds is 1. The van der Waals surface area contributed by atoms with Crippen molar-refractivity contribution in [2.45, 2.75) is 26.2 Å². The lowest BCUT2D eigenvalue weighted by molar-refractivity contribution is 0.494. The van der Waals surface area contributed by atoms with Crippen molar-refractivity contribution < 1.29 is 0 Å². The number of hydrogen-bond acceptors (Lipinski definition) is 3. The standard InChI is InChI=1S/C13H19N3/c1-9-5-6-15-13(12(9)14)16-7-10-3-2-4-11(10)8-16/h5-6,10-11H,2-4,7-8,14H2,1H3. The van der Waals surface area contributed by atoms with Gasteiger partial charge in [0.1, 0.15) is 0 Å². The number of nitrogens with zero attached hydrogens (tertiary/aromatic N) is 2. The molecule has 0 radical (unpaired) electrons. The zero-order chi connectivity index (χ0) is 11.1. The number of nitrogen functional groups attached to an aromatic ring is 1. The van der Waals surface area contributed by atoms with E-state index in [1.807, 2.05) is 12.3 Å². The maximum atomic E-state index is 6.11. The molecular formula is C13H19N3. The molecule has 0 aromatic carbocycles. The van der Waals surface area contributed by atoms with E-state index in [4.69, 9.17) is 5.73 Å². The summed E-state index contributed by atoms with van der Waals surface area (Å²) in [5.41, 5.74) is 8.11. The topological polar surface area (TPSA) is 42.2 Å². The summed E-state index contributed by atoms with van der Waals surface area (Å²) in [6.45, 7) is 4.37. The summed E-state index contributed by atoms with van der Waals surface area (Å²) in [6.07, 6.45) is 6.08. The normalized spacial score (nSPS) is 28.4. The van der Waals surface area contributed by atoms with Gasteiger partial charge in [0, 0.05) is 19.3 Å². The highest BCUT2D eigenvalue weighted by molar-refractivity contribution is 5.66. The quantitative estimate of drug-likeness (QED) is 0.784. The van der Waals surface area contributed by atoms with Crippen molar-refractivity contribution in [1.29, 1.82) is 0 Å². The van der Waals surface area contributed by atoms with Gasteiger partial charge >= 0.3 is 0 Å². The average molecular weight is 217 g/mol. The van der Waals surface area contributed by atoms with Gasteiger partial charge in [0.25, 0.3) is 0 Å². The number of pyridine rings is 1. The number of anilines is 2. The molecule has 0 spiro atoms. The van der Waals surface area contributed by atoms with Crippen molar-refractivity contribution in [3.05, 3.63) is 17.8 Å². The summed E-state index contributed by atoms with van der Waals surface area (Å²) in [6, 6.07) is 1.98. The number of aromatic nitrogens is 1. The number of aryl methyl sites for hydroxylation is 1. The molecule has 1 aromatic heterocycles. The molecule has 1 saturated heterocycles. The molecular weight excluding hydrogens is 198 g/mol. The van der Waals surface area contributed by atoms with E-state index in [1.165, 1.54) is 19.3 Å². The summed E-state index contributed by atoms with van der Waals surface area (Å²) < 4.78 is 0. The molecule has 3 nitrogen and oxygen atoms in total. The van der Waals surface area contributed by atoms with Crippen LogP contribution in [0.2, 0.25) is 0 Å². The summed E-state index contributed by atoms with van der Waals surface area (Å²) in [7, 11) is 0. The van der Waals surface area contributed by atoms with Gasteiger partial charge < -0.3 is 10.6 Å². The highest BCUT2D eigenvalue weighted by Crippen LogP contribution is 2.40. The van der Waals surface area contributed by atoms with Gasteiger partial charge in [-0.3, -0.25) is 0 Å². The third kappa shape index (κ3) is 1.46. The van der Waals surface area contributed by atoms with E-state index in [0.717, 1.165) is 42.0 Å². The van der Waals surface area contributed by atoms with Gasteiger partial charge in [-0.25, -0.2) is 4.98 Å². The van der Waals surface area contributed by atoms with Crippen molar-refractivity contribution in [2.24, 2.45) is 11.8 Å². The maximum Gasteiger partial charge on any atom is 0.152 e. The van der Waals surface area contributed by atoms with Crippen molar-refractivity contribution in [1.82, 2.24) is 4.98 Å². The smallest absolute Gasteiger partial charge is 0.152 e. The first-order valence-corrected chi connectivity index (χ1v) is 6.21. The molecule has 0 amide bonds. The predicted octanol–water partition coefficient (Wildman–Crippen LogP) is 2.21. The first-order chi connectivity index (χ1) is 7.75. The fraction of sp³-hybridized carbons (Fsp3) is 0.615. The van der Waals surface area contributed by atoms with Gasteiger partial charge in [0.05, 0.1) is 5.69 Å². The minimum atomic E-state index is 0.863. The van der Waals surface area contributed by atoms with E-state index in [2.05, 4.69) is 16.8 Å². The van der Waals surface area contributed by atoms with Crippen LogP contribution >= 0.6 is 0 Å². The Bertz CT molecular complexity index is 390. The minimum absolute atomic E-state index is 0.863.